The maximum Gasteiger partial charge on any atom is 0.171 e. The molecule has 2 N–H and O–H groups in total. The summed E-state index contributed by atoms with van der Waals surface area (Å²) in [5.74, 6) is 0.333. The van der Waals surface area contributed by atoms with Gasteiger partial charge in [0.1, 0.15) is 0 Å². The van der Waals surface area contributed by atoms with Crippen molar-refractivity contribution in [2.45, 2.75) is 25.8 Å². The minimum absolute atomic E-state index is 0.120. The number of nitrogens with zero attached hydrogens (tertiary/aromatic N) is 1. The van der Waals surface area contributed by atoms with Crippen LogP contribution in [0.3, 0.4) is 0 Å². The summed E-state index contributed by atoms with van der Waals surface area (Å²) in [7, 11) is -2.95. The summed E-state index contributed by atoms with van der Waals surface area (Å²) in [6, 6.07) is 5.87. The van der Waals surface area contributed by atoms with Crippen LogP contribution in [0.2, 0.25) is 0 Å². The molecule has 5 nitrogen and oxygen atoms in total. The molecule has 0 aliphatic carbocycles. The van der Waals surface area contributed by atoms with Crippen LogP contribution in [0.15, 0.2) is 18.2 Å². The Morgan fingerprint density at radius 2 is 2.23 bits per heavy atom. The second-order valence-electron chi connectivity index (χ2n) is 5.90. The molecule has 118 valence electrons. The first-order chi connectivity index (χ1) is 10.2. The van der Waals surface area contributed by atoms with Crippen molar-refractivity contribution >= 4 is 54.4 Å². The molecule has 3 rings (SSSR count). The number of aryl methyl sites for hydroxylation is 1. The average molecular weight is 356 g/mol. The van der Waals surface area contributed by atoms with Gasteiger partial charge in [-0.15, -0.1) is 11.3 Å². The van der Waals surface area contributed by atoms with Gasteiger partial charge in [-0.3, -0.25) is 0 Å². The van der Waals surface area contributed by atoms with Gasteiger partial charge in [-0.05, 0) is 50.7 Å². The van der Waals surface area contributed by atoms with Gasteiger partial charge < -0.3 is 10.6 Å². The highest BCUT2D eigenvalue weighted by Gasteiger charge is 2.38. The number of hydrogen-bond donors (Lipinski definition) is 2. The van der Waals surface area contributed by atoms with Crippen LogP contribution in [-0.2, 0) is 9.84 Å². The molecule has 0 saturated carbocycles. The fraction of sp³-hybridized carbons (Fsp3) is 0.429. The first kappa shape index (κ1) is 15.6. The maximum absolute atomic E-state index is 11.6. The molecular formula is C14H17N3O2S3. The number of benzene rings is 1. The molecule has 8 heteroatoms. The number of aromatic nitrogens is 1. The van der Waals surface area contributed by atoms with E-state index in [-0.39, 0.29) is 11.5 Å². The second kappa shape index (κ2) is 5.43. The molecule has 1 aromatic heterocycles. The zero-order chi connectivity index (χ0) is 16.0. The van der Waals surface area contributed by atoms with E-state index in [0.717, 1.165) is 20.9 Å². The standard InChI is InChI=1S/C14H17N3O2S3/c1-9-15-11-4-3-10(7-12(11)21-9)16-13(20)17-14(2)5-6-22(18,19)8-14/h3-4,7H,5-6,8H2,1-2H3,(H2,16,17,20)/t14-/m0/s1. The first-order valence-corrected chi connectivity index (χ1v) is 9.96. The van der Waals surface area contributed by atoms with Crippen molar-refractivity contribution < 1.29 is 8.42 Å². The number of fused-ring (bicyclic) bond motifs is 1. The van der Waals surface area contributed by atoms with Crippen molar-refractivity contribution in [1.82, 2.24) is 10.3 Å². The molecule has 1 aliphatic heterocycles. The third-order valence-electron chi connectivity index (χ3n) is 3.67. The van der Waals surface area contributed by atoms with Gasteiger partial charge in [0.05, 0.1) is 32.3 Å². The molecule has 1 saturated heterocycles. The van der Waals surface area contributed by atoms with E-state index in [1.165, 1.54) is 0 Å². The topological polar surface area (TPSA) is 71.1 Å². The van der Waals surface area contributed by atoms with E-state index in [1.807, 2.05) is 32.0 Å². The third kappa shape index (κ3) is 3.39. The van der Waals surface area contributed by atoms with E-state index in [2.05, 4.69) is 15.6 Å². The normalized spacial score (nSPS) is 23.5. The van der Waals surface area contributed by atoms with Crippen molar-refractivity contribution in [2.24, 2.45) is 0 Å². The molecule has 1 fully saturated rings. The van der Waals surface area contributed by atoms with Gasteiger partial charge in [-0.1, -0.05) is 0 Å². The molecule has 0 amide bonds. The van der Waals surface area contributed by atoms with E-state index in [0.29, 0.717) is 11.5 Å². The predicted octanol–water partition coefficient (Wildman–Crippen LogP) is 2.47. The predicted molar refractivity (Wildman–Crippen MR) is 95.4 cm³/mol. The molecule has 1 aromatic carbocycles. The van der Waals surface area contributed by atoms with Gasteiger partial charge in [-0.2, -0.15) is 0 Å². The highest BCUT2D eigenvalue weighted by Crippen LogP contribution is 2.26. The summed E-state index contributed by atoms with van der Waals surface area (Å²) in [4.78, 5) is 4.42. The fourth-order valence-corrected chi connectivity index (χ4v) is 5.99. The Morgan fingerprint density at radius 1 is 1.45 bits per heavy atom. The summed E-state index contributed by atoms with van der Waals surface area (Å²) in [5, 5.41) is 7.74. The van der Waals surface area contributed by atoms with Crippen LogP contribution in [0.4, 0.5) is 5.69 Å². The molecular weight excluding hydrogens is 338 g/mol. The van der Waals surface area contributed by atoms with Crippen LogP contribution in [0.25, 0.3) is 10.2 Å². The van der Waals surface area contributed by atoms with Crippen LogP contribution < -0.4 is 10.6 Å². The highest BCUT2D eigenvalue weighted by atomic mass is 32.2. The van der Waals surface area contributed by atoms with Gasteiger partial charge in [0.2, 0.25) is 0 Å². The van der Waals surface area contributed by atoms with Crippen LogP contribution >= 0.6 is 23.6 Å². The quantitative estimate of drug-likeness (QED) is 0.807. The lowest BCUT2D eigenvalue weighted by Crippen LogP contribution is -2.48. The van der Waals surface area contributed by atoms with E-state index in [9.17, 15) is 8.42 Å². The van der Waals surface area contributed by atoms with E-state index in [4.69, 9.17) is 12.2 Å². The number of thiocarbonyl (C=S) groups is 1. The smallest absolute Gasteiger partial charge is 0.171 e. The SMILES string of the molecule is Cc1nc2ccc(NC(=S)N[C@@]3(C)CCS(=O)(=O)C3)cc2s1. The summed E-state index contributed by atoms with van der Waals surface area (Å²) in [5.41, 5.74) is 1.35. The molecule has 0 bridgehead atoms. The molecule has 22 heavy (non-hydrogen) atoms. The Balaban J connectivity index is 1.70. The minimum Gasteiger partial charge on any atom is -0.356 e. The monoisotopic (exact) mass is 355 g/mol. The van der Waals surface area contributed by atoms with Crippen molar-refractivity contribution in [1.29, 1.82) is 0 Å². The number of rotatable bonds is 2. The van der Waals surface area contributed by atoms with Crippen LogP contribution in [0.5, 0.6) is 0 Å². The summed E-state index contributed by atoms with van der Waals surface area (Å²) in [6.07, 6.45) is 0.574. The van der Waals surface area contributed by atoms with Crippen LogP contribution in [0, 0.1) is 6.92 Å². The number of thiazole rings is 1. The first-order valence-electron chi connectivity index (χ1n) is 6.92. The Kier molecular flexibility index (Phi) is 3.86. The Bertz CT molecular complexity index is 844. The number of anilines is 1. The molecule has 0 unspecified atom stereocenters. The van der Waals surface area contributed by atoms with Gasteiger partial charge >= 0.3 is 0 Å². The zero-order valence-corrected chi connectivity index (χ0v) is 14.8. The zero-order valence-electron chi connectivity index (χ0n) is 12.3. The van der Waals surface area contributed by atoms with Crippen molar-refractivity contribution in [2.75, 3.05) is 16.8 Å². The number of nitrogens with one attached hydrogen (secondary N) is 2. The van der Waals surface area contributed by atoms with Gasteiger partial charge in [0, 0.05) is 5.69 Å². The molecule has 2 heterocycles. The van der Waals surface area contributed by atoms with Crippen LogP contribution in [0.1, 0.15) is 18.4 Å². The van der Waals surface area contributed by atoms with Gasteiger partial charge in [0.15, 0.2) is 14.9 Å². The van der Waals surface area contributed by atoms with Crippen LogP contribution in [-0.4, -0.2) is 35.6 Å². The molecule has 0 radical (unpaired) electrons. The molecule has 0 spiro atoms. The molecule has 1 aliphatic rings. The van der Waals surface area contributed by atoms with E-state index in [1.54, 1.807) is 11.3 Å². The fourth-order valence-electron chi connectivity index (χ4n) is 2.66. The van der Waals surface area contributed by atoms with Gasteiger partial charge in [0.25, 0.3) is 0 Å². The third-order valence-corrected chi connectivity index (χ3v) is 6.71. The Morgan fingerprint density at radius 3 is 2.91 bits per heavy atom. The van der Waals surface area contributed by atoms with Crippen molar-refractivity contribution in [3.8, 4) is 0 Å². The summed E-state index contributed by atoms with van der Waals surface area (Å²) >= 11 is 6.95. The average Bonchev–Trinajstić information content (AvgIpc) is 2.87. The van der Waals surface area contributed by atoms with E-state index >= 15 is 0 Å². The minimum atomic E-state index is -2.95. The molecule has 2 aromatic rings. The second-order valence-corrected chi connectivity index (χ2v) is 9.72. The summed E-state index contributed by atoms with van der Waals surface area (Å²) < 4.78 is 24.3. The molecule has 1 atom stereocenters. The lowest BCUT2D eigenvalue weighted by atomic mass is 10.0. The summed E-state index contributed by atoms with van der Waals surface area (Å²) in [6.45, 7) is 3.87. The van der Waals surface area contributed by atoms with E-state index < -0.39 is 15.4 Å². The Hall–Kier alpha value is -1.25. The Labute approximate surface area is 139 Å². The van der Waals surface area contributed by atoms with Crippen molar-refractivity contribution in [3.63, 3.8) is 0 Å². The lowest BCUT2D eigenvalue weighted by Gasteiger charge is -2.26. The largest absolute Gasteiger partial charge is 0.356 e. The lowest BCUT2D eigenvalue weighted by molar-refractivity contribution is 0.474. The highest BCUT2D eigenvalue weighted by molar-refractivity contribution is 7.91. The number of hydrogen-bond acceptors (Lipinski definition) is 5. The van der Waals surface area contributed by atoms with Crippen molar-refractivity contribution in [3.05, 3.63) is 23.2 Å². The number of sulfone groups is 1. The maximum atomic E-state index is 11.6. The van der Waals surface area contributed by atoms with Gasteiger partial charge in [-0.25, -0.2) is 13.4 Å².